The summed E-state index contributed by atoms with van der Waals surface area (Å²) in [4.78, 5) is 10.9. The Morgan fingerprint density at radius 2 is 2.00 bits per heavy atom. The predicted molar refractivity (Wildman–Crippen MR) is 51.1 cm³/mol. The summed E-state index contributed by atoms with van der Waals surface area (Å²) in [6.45, 7) is 1.32. The lowest BCUT2D eigenvalue weighted by Gasteiger charge is -2.10. The maximum absolute atomic E-state index is 12.4. The van der Waals surface area contributed by atoms with E-state index in [4.69, 9.17) is 16.9 Å². The Morgan fingerprint density at radius 1 is 1.44 bits per heavy atom. The Hall–Kier alpha value is -1.54. The number of nitrogens with zero attached hydrogens (tertiary/aromatic N) is 1. The first-order valence-corrected chi connectivity index (χ1v) is 4.47. The molecule has 0 amide bonds. The standard InChI is InChI=1S/C10H5ClF3NO/c1-5-2-6(10(12,13)14)3-7(9(11)16)8(5)4-15/h2-3H,1H3. The highest BCUT2D eigenvalue weighted by Gasteiger charge is 2.32. The summed E-state index contributed by atoms with van der Waals surface area (Å²) in [7, 11) is 0. The van der Waals surface area contributed by atoms with Gasteiger partial charge in [0, 0.05) is 0 Å². The monoisotopic (exact) mass is 247 g/mol. The molecule has 0 aromatic heterocycles. The molecule has 0 fully saturated rings. The fraction of sp³-hybridized carbons (Fsp3) is 0.200. The first kappa shape index (κ1) is 12.5. The van der Waals surface area contributed by atoms with E-state index in [9.17, 15) is 18.0 Å². The minimum atomic E-state index is -4.57. The van der Waals surface area contributed by atoms with Gasteiger partial charge in [-0.05, 0) is 36.2 Å². The van der Waals surface area contributed by atoms with E-state index in [2.05, 4.69) is 0 Å². The van der Waals surface area contributed by atoms with E-state index in [0.29, 0.717) is 6.07 Å². The fourth-order valence-electron chi connectivity index (χ4n) is 1.25. The highest BCUT2D eigenvalue weighted by atomic mass is 35.5. The van der Waals surface area contributed by atoms with Gasteiger partial charge in [0.2, 0.25) is 0 Å². The van der Waals surface area contributed by atoms with E-state index >= 15 is 0 Å². The first-order chi connectivity index (χ1) is 7.27. The second kappa shape index (κ2) is 4.14. The summed E-state index contributed by atoms with van der Waals surface area (Å²) in [6, 6.07) is 3.04. The van der Waals surface area contributed by atoms with Crippen molar-refractivity contribution in [2.45, 2.75) is 13.1 Å². The van der Waals surface area contributed by atoms with Gasteiger partial charge in [0.05, 0.1) is 16.7 Å². The van der Waals surface area contributed by atoms with Gasteiger partial charge in [0.1, 0.15) is 6.07 Å². The molecule has 0 spiro atoms. The Morgan fingerprint density at radius 3 is 2.38 bits per heavy atom. The van der Waals surface area contributed by atoms with Crippen molar-refractivity contribution in [2.24, 2.45) is 0 Å². The number of hydrogen-bond acceptors (Lipinski definition) is 2. The van der Waals surface area contributed by atoms with Crippen LogP contribution in [-0.4, -0.2) is 5.24 Å². The number of rotatable bonds is 1. The number of carbonyl (C=O) groups excluding carboxylic acids is 1. The minimum absolute atomic E-state index is 0.0707. The average molecular weight is 248 g/mol. The van der Waals surface area contributed by atoms with Crippen LogP contribution in [0.3, 0.4) is 0 Å². The van der Waals surface area contributed by atoms with Crippen molar-refractivity contribution >= 4 is 16.8 Å². The van der Waals surface area contributed by atoms with Crippen molar-refractivity contribution in [3.63, 3.8) is 0 Å². The Labute approximate surface area is 94.2 Å². The fourth-order valence-corrected chi connectivity index (χ4v) is 1.40. The van der Waals surface area contributed by atoms with Crippen LogP contribution < -0.4 is 0 Å². The van der Waals surface area contributed by atoms with E-state index in [1.165, 1.54) is 6.92 Å². The topological polar surface area (TPSA) is 40.9 Å². The summed E-state index contributed by atoms with van der Waals surface area (Å²) in [5.74, 6) is 0. The smallest absolute Gasteiger partial charge is 0.276 e. The number of halogens is 4. The van der Waals surface area contributed by atoms with E-state index in [-0.39, 0.29) is 11.1 Å². The number of carbonyl (C=O) groups is 1. The molecule has 2 nitrogen and oxygen atoms in total. The number of alkyl halides is 3. The van der Waals surface area contributed by atoms with Gasteiger partial charge in [-0.3, -0.25) is 4.79 Å². The van der Waals surface area contributed by atoms with Gasteiger partial charge >= 0.3 is 6.18 Å². The van der Waals surface area contributed by atoms with Gasteiger partial charge < -0.3 is 0 Å². The van der Waals surface area contributed by atoms with Crippen molar-refractivity contribution in [3.05, 3.63) is 34.4 Å². The molecule has 0 saturated carbocycles. The number of aryl methyl sites for hydroxylation is 1. The normalized spacial score (nSPS) is 11.0. The van der Waals surface area contributed by atoms with Gasteiger partial charge in [-0.1, -0.05) is 0 Å². The van der Waals surface area contributed by atoms with E-state index in [0.717, 1.165) is 6.07 Å². The molecule has 1 aromatic rings. The number of benzene rings is 1. The molecule has 16 heavy (non-hydrogen) atoms. The largest absolute Gasteiger partial charge is 0.416 e. The van der Waals surface area contributed by atoms with Crippen molar-refractivity contribution < 1.29 is 18.0 Å². The predicted octanol–water partition coefficient (Wildman–Crippen LogP) is 3.26. The lowest BCUT2D eigenvalue weighted by atomic mass is 9.99. The van der Waals surface area contributed by atoms with Crippen LogP contribution in [0.2, 0.25) is 0 Å². The molecule has 6 heteroatoms. The zero-order valence-electron chi connectivity index (χ0n) is 8.02. The lowest BCUT2D eigenvalue weighted by molar-refractivity contribution is -0.137. The van der Waals surface area contributed by atoms with Crippen LogP contribution >= 0.6 is 11.6 Å². The zero-order chi connectivity index (χ0) is 12.5. The van der Waals surface area contributed by atoms with Crippen molar-refractivity contribution in [3.8, 4) is 6.07 Å². The Kier molecular flexibility index (Phi) is 3.24. The third-order valence-corrected chi connectivity index (χ3v) is 2.19. The first-order valence-electron chi connectivity index (χ1n) is 4.09. The molecule has 0 bridgehead atoms. The molecule has 0 unspecified atom stereocenters. The van der Waals surface area contributed by atoms with Gasteiger partial charge in [-0.25, -0.2) is 0 Å². The Bertz CT molecular complexity index is 488. The highest BCUT2D eigenvalue weighted by Crippen LogP contribution is 2.32. The van der Waals surface area contributed by atoms with Crippen LogP contribution in [0.5, 0.6) is 0 Å². The summed E-state index contributed by atoms with van der Waals surface area (Å²) < 4.78 is 37.2. The van der Waals surface area contributed by atoms with Crippen LogP contribution in [-0.2, 0) is 6.18 Å². The molecule has 1 rings (SSSR count). The maximum Gasteiger partial charge on any atom is 0.416 e. The quantitative estimate of drug-likeness (QED) is 0.715. The number of hydrogen-bond donors (Lipinski definition) is 0. The SMILES string of the molecule is Cc1cc(C(F)(F)F)cc(C(=O)Cl)c1C#N. The molecular weight excluding hydrogens is 243 g/mol. The second-order valence-electron chi connectivity index (χ2n) is 3.10. The molecular formula is C10H5ClF3NO. The lowest BCUT2D eigenvalue weighted by Crippen LogP contribution is -2.09. The van der Waals surface area contributed by atoms with Crippen molar-refractivity contribution in [2.75, 3.05) is 0 Å². The van der Waals surface area contributed by atoms with Gasteiger partial charge in [-0.2, -0.15) is 18.4 Å². The summed E-state index contributed by atoms with van der Waals surface area (Å²) in [5, 5.41) is 7.62. The number of nitriles is 1. The highest BCUT2D eigenvalue weighted by molar-refractivity contribution is 6.68. The zero-order valence-corrected chi connectivity index (χ0v) is 8.78. The van der Waals surface area contributed by atoms with Crippen LogP contribution in [0.1, 0.15) is 27.0 Å². The minimum Gasteiger partial charge on any atom is -0.276 e. The van der Waals surface area contributed by atoms with E-state index < -0.39 is 22.5 Å². The van der Waals surface area contributed by atoms with Gasteiger partial charge in [0.25, 0.3) is 5.24 Å². The second-order valence-corrected chi connectivity index (χ2v) is 3.44. The van der Waals surface area contributed by atoms with E-state index in [1.54, 1.807) is 6.07 Å². The van der Waals surface area contributed by atoms with Crippen molar-refractivity contribution in [1.82, 2.24) is 0 Å². The maximum atomic E-state index is 12.4. The van der Waals surface area contributed by atoms with Crippen LogP contribution in [0.15, 0.2) is 12.1 Å². The Balaban J connectivity index is 3.54. The molecule has 0 radical (unpaired) electrons. The molecule has 0 atom stereocenters. The third-order valence-electron chi connectivity index (χ3n) is 1.99. The van der Waals surface area contributed by atoms with Crippen LogP contribution in [0.25, 0.3) is 0 Å². The van der Waals surface area contributed by atoms with Crippen molar-refractivity contribution in [1.29, 1.82) is 5.26 Å². The molecule has 0 N–H and O–H groups in total. The molecule has 84 valence electrons. The summed E-state index contributed by atoms with van der Waals surface area (Å²) >= 11 is 5.12. The summed E-state index contributed by atoms with van der Waals surface area (Å²) in [6.07, 6.45) is -4.57. The van der Waals surface area contributed by atoms with E-state index in [1.807, 2.05) is 0 Å². The van der Waals surface area contributed by atoms with Gasteiger partial charge in [0.15, 0.2) is 0 Å². The third kappa shape index (κ3) is 2.34. The van der Waals surface area contributed by atoms with Gasteiger partial charge in [-0.15, -0.1) is 0 Å². The summed E-state index contributed by atoms with van der Waals surface area (Å²) in [5.41, 5.74) is -1.47. The molecule has 0 saturated heterocycles. The molecule has 0 aliphatic carbocycles. The molecule has 0 aliphatic heterocycles. The molecule has 1 aromatic carbocycles. The van der Waals surface area contributed by atoms with Crippen LogP contribution in [0.4, 0.5) is 13.2 Å². The average Bonchev–Trinajstić information content (AvgIpc) is 2.14. The molecule has 0 aliphatic rings. The van der Waals surface area contributed by atoms with Crippen LogP contribution in [0, 0.1) is 18.3 Å². The molecule has 0 heterocycles.